The Morgan fingerprint density at radius 2 is 1.14 bits per heavy atom. The van der Waals surface area contributed by atoms with Crippen LogP contribution in [0.4, 0.5) is 0 Å². The van der Waals surface area contributed by atoms with E-state index >= 15 is 0 Å². The predicted molar refractivity (Wildman–Crippen MR) is 201 cm³/mol. The van der Waals surface area contributed by atoms with Gasteiger partial charge in [0.1, 0.15) is 17.3 Å². The monoisotopic (exact) mass is 802 g/mol. The second-order valence-electron chi connectivity index (χ2n) is 15.5. The number of phenolic OH excluding ortho intramolecular Hbond substituents is 2. The van der Waals surface area contributed by atoms with Crippen LogP contribution in [0.1, 0.15) is 68.7 Å². The molecule has 2 saturated carbocycles. The van der Waals surface area contributed by atoms with Crippen LogP contribution in [-0.4, -0.2) is 110 Å². The van der Waals surface area contributed by atoms with Crippen molar-refractivity contribution in [1.82, 2.24) is 10.2 Å². The van der Waals surface area contributed by atoms with Crippen LogP contribution in [0.5, 0.6) is 11.5 Å². The number of carbonyl (C=O) groups is 6. The van der Waals surface area contributed by atoms with Gasteiger partial charge in [0.05, 0.1) is 26.1 Å². The molecule has 0 aromatic heterocycles. The van der Waals surface area contributed by atoms with Crippen LogP contribution in [0, 0.1) is 22.7 Å². The van der Waals surface area contributed by atoms with Crippen LogP contribution >= 0.6 is 0 Å². The predicted octanol–water partition coefficient (Wildman–Crippen LogP) is -0.295. The molecule has 2 aliphatic heterocycles. The number of esters is 2. The molecule has 4 aliphatic carbocycles. The number of carboxylic acids is 1. The first kappa shape index (κ1) is 47.4. The summed E-state index contributed by atoms with van der Waals surface area (Å²) in [5.74, 6) is -1.25. The second kappa shape index (κ2) is 21.2. The molecule has 4 fully saturated rings. The topological polar surface area (TPSA) is 215 Å². The van der Waals surface area contributed by atoms with Gasteiger partial charge in [-0.15, -0.1) is 0 Å². The van der Waals surface area contributed by atoms with E-state index in [-0.39, 0.29) is 59.1 Å². The van der Waals surface area contributed by atoms with E-state index in [1.165, 1.54) is 56.7 Å². The van der Waals surface area contributed by atoms with Crippen molar-refractivity contribution in [3.05, 3.63) is 58.7 Å². The van der Waals surface area contributed by atoms with E-state index in [2.05, 4.69) is 36.4 Å². The first-order valence-corrected chi connectivity index (χ1v) is 18.6. The number of ketones is 1. The molecule has 2 aromatic carbocycles. The molecule has 0 bridgehead atoms. The summed E-state index contributed by atoms with van der Waals surface area (Å²) in [5.41, 5.74) is 6.37. The summed E-state index contributed by atoms with van der Waals surface area (Å²) in [7, 11) is 3.51. The normalized spacial score (nSPS) is 20.8. The molecule has 2 aromatic rings. The quantitative estimate of drug-likeness (QED) is 0.226. The van der Waals surface area contributed by atoms with Crippen LogP contribution < -0.4 is 34.9 Å². The molecule has 17 heteroatoms. The number of benzene rings is 2. The van der Waals surface area contributed by atoms with Crippen molar-refractivity contribution in [3.8, 4) is 11.5 Å². The van der Waals surface area contributed by atoms with E-state index in [9.17, 15) is 34.2 Å². The van der Waals surface area contributed by atoms with Gasteiger partial charge in [-0.05, 0) is 85.0 Å². The molecule has 0 unspecified atom stereocenters. The summed E-state index contributed by atoms with van der Waals surface area (Å²) in [4.78, 5) is 63.8. The summed E-state index contributed by atoms with van der Waals surface area (Å²) in [6.07, 6.45) is 7.22. The van der Waals surface area contributed by atoms with Gasteiger partial charge >= 0.3 is 49.2 Å². The van der Waals surface area contributed by atoms with Gasteiger partial charge in [0.15, 0.2) is 0 Å². The van der Waals surface area contributed by atoms with Gasteiger partial charge < -0.3 is 39.4 Å². The third-order valence-electron chi connectivity index (χ3n) is 10.8. The Morgan fingerprint density at radius 3 is 1.54 bits per heavy atom. The first-order chi connectivity index (χ1) is 26.5. The number of hydrogen-bond acceptors (Lipinski definition) is 14. The Labute approximate surface area is 355 Å². The molecular weight excluding hydrogens is 750 g/mol. The van der Waals surface area contributed by atoms with Crippen molar-refractivity contribution in [2.45, 2.75) is 78.2 Å². The minimum atomic E-state index is -0.833. The zero-order chi connectivity index (χ0) is 41.2. The molecular formula is C40H52BN2NaO13+. The van der Waals surface area contributed by atoms with Gasteiger partial charge in [-0.3, -0.25) is 33.7 Å². The number of fused-ring (bicyclic) bond motifs is 2. The van der Waals surface area contributed by atoms with Crippen molar-refractivity contribution < 1.29 is 92.4 Å². The third-order valence-corrected chi connectivity index (χ3v) is 10.8. The van der Waals surface area contributed by atoms with E-state index in [0.717, 1.165) is 65.2 Å². The molecule has 2 spiro atoms. The van der Waals surface area contributed by atoms with Crippen LogP contribution in [0.2, 0.25) is 0 Å². The Bertz CT molecular complexity index is 1750. The van der Waals surface area contributed by atoms with Gasteiger partial charge in [0.2, 0.25) is 0 Å². The summed E-state index contributed by atoms with van der Waals surface area (Å²) in [6, 6.07) is 12.1. The maximum atomic E-state index is 11.4. The van der Waals surface area contributed by atoms with E-state index in [1.54, 1.807) is 12.1 Å². The molecule has 0 atom stereocenters. The van der Waals surface area contributed by atoms with Crippen molar-refractivity contribution in [2.75, 3.05) is 40.4 Å². The Kier molecular flexibility index (Phi) is 17.6. The molecule has 15 nitrogen and oxygen atoms in total. The third kappa shape index (κ3) is 13.6. The molecule has 2 saturated heterocycles. The van der Waals surface area contributed by atoms with Gasteiger partial charge in [-0.2, -0.15) is 0 Å². The van der Waals surface area contributed by atoms with Crippen LogP contribution in [-0.2, 0) is 73.2 Å². The van der Waals surface area contributed by atoms with Gasteiger partial charge in [-0.25, -0.2) is 0 Å². The van der Waals surface area contributed by atoms with E-state index in [1.807, 2.05) is 12.1 Å². The van der Waals surface area contributed by atoms with E-state index in [0.29, 0.717) is 48.9 Å². The first-order valence-electron chi connectivity index (χ1n) is 18.6. The summed E-state index contributed by atoms with van der Waals surface area (Å²) >= 11 is 0. The molecule has 0 amide bonds. The Hall–Kier alpha value is -3.96. The van der Waals surface area contributed by atoms with Crippen LogP contribution in [0.15, 0.2) is 36.4 Å². The number of hydrogen-bond donors (Lipinski definition) is 4. The van der Waals surface area contributed by atoms with Crippen LogP contribution in [0.25, 0.3) is 0 Å². The Balaban J connectivity index is 0.000000209. The minimum Gasteiger partial charge on any atom is -0.508 e. The minimum absolute atomic E-state index is 0. The Morgan fingerprint density at radius 1 is 0.719 bits per heavy atom. The fourth-order valence-electron chi connectivity index (χ4n) is 7.89. The number of nitrogens with zero attached hydrogens (tertiary/aromatic N) is 1. The fourth-order valence-corrected chi connectivity index (χ4v) is 7.89. The number of methoxy groups -OCH3 is 2. The average molecular weight is 803 g/mol. The van der Waals surface area contributed by atoms with Crippen molar-refractivity contribution in [1.29, 1.82) is 0 Å². The molecule has 57 heavy (non-hydrogen) atoms. The number of aliphatic carboxylic acids is 1. The van der Waals surface area contributed by atoms with E-state index in [4.69, 9.17) is 14.6 Å². The number of rotatable bonds is 5. The maximum Gasteiger partial charge on any atom is 1.00 e. The van der Waals surface area contributed by atoms with Crippen molar-refractivity contribution in [3.63, 3.8) is 0 Å². The van der Waals surface area contributed by atoms with E-state index < -0.39 is 17.9 Å². The number of nitrogens with one attached hydrogen (secondary N) is 1. The largest absolute Gasteiger partial charge is 1.00 e. The van der Waals surface area contributed by atoms with Gasteiger partial charge in [0, 0.05) is 76.7 Å². The smallest absolute Gasteiger partial charge is 0.508 e. The number of carbonyl (C=O) groups excluding carboxylic acids is 5. The van der Waals surface area contributed by atoms with Crippen LogP contribution in [0.3, 0.4) is 0 Å². The fraction of sp³-hybridized carbons (Fsp3) is 0.550. The molecule has 1 radical (unpaired) electrons. The van der Waals surface area contributed by atoms with Crippen molar-refractivity contribution in [2.24, 2.45) is 22.7 Å². The number of ether oxygens (including phenoxy) is 2. The number of likely N-dealkylation sites (tertiary alicyclic amines) is 1. The van der Waals surface area contributed by atoms with Gasteiger partial charge in [0.25, 0.3) is 17.9 Å². The molecule has 2 heterocycles. The zero-order valence-corrected chi connectivity index (χ0v) is 35.6. The maximum absolute atomic E-state index is 11.4. The SMILES string of the molecule is CC(=O)O.CC(=O)O[B]OC(C)=O.COC(=O)C1CC(=O)C1.COC(=O)C1CC(N2CC3(Cc4ccc(O)cc4C3)C2)C1.Oc1ccc2c(c1)CC1(CNC1)C2.[Na+]. The molecule has 4 N–H and O–H groups in total. The van der Waals surface area contributed by atoms with Crippen molar-refractivity contribution >= 4 is 43.3 Å². The molecule has 6 aliphatic rings. The second-order valence-corrected chi connectivity index (χ2v) is 15.5. The summed E-state index contributed by atoms with van der Waals surface area (Å²) in [5, 5.41) is 29.7. The number of phenols is 2. The summed E-state index contributed by atoms with van der Waals surface area (Å²) < 4.78 is 17.5. The molecule has 303 valence electrons. The number of Topliss-reactive ketones (excluding diaryl/α,β-unsaturated/α-hetero) is 1. The average Bonchev–Trinajstić information content (AvgIpc) is 3.65. The molecule has 8 rings (SSSR count). The van der Waals surface area contributed by atoms with Gasteiger partial charge in [-0.1, -0.05) is 12.1 Å². The summed E-state index contributed by atoms with van der Waals surface area (Å²) in [6.45, 7) is 8.03. The zero-order valence-electron chi connectivity index (χ0n) is 33.6. The number of aromatic hydroxyl groups is 2. The standard InChI is InChI=1S/C17H21NO3.C11H13NO.C6H8O3.C4H6BO4.C2H4O2.Na/c1-21-16(20)12-4-14(5-12)18-9-17(10-18)7-11-2-3-15(19)6-13(11)8-17;13-10-2-1-8-4-11(6-12-7-11)5-9(8)3-10;1-9-6(8)4-2-5(7)3-4;1-3(6)8-5-9-4(2)7;1-2(3)4;/h2-3,6,12,14,19H,4-5,7-10H2,1H3;1-3,12-13H,4-7H2;4H,2-3H2,1H3;1-2H3;1H3,(H,3,4);/q;;;;;+1. The number of carboxylic acid groups (broad SMARTS) is 1.